The molecule has 1 aliphatic heterocycles. The third kappa shape index (κ3) is 4.98. The molecule has 0 radical (unpaired) electrons. The number of thioether (sulfide) groups is 1. The zero-order valence-corrected chi connectivity index (χ0v) is 24.2. The first-order valence-electron chi connectivity index (χ1n) is 11.0. The summed E-state index contributed by atoms with van der Waals surface area (Å²) in [5.41, 5.74) is 2.14. The maximum absolute atomic E-state index is 13.7. The summed E-state index contributed by atoms with van der Waals surface area (Å²) in [6.45, 7) is 3.55. The number of amides is 1. The van der Waals surface area contributed by atoms with E-state index in [9.17, 15) is 14.7 Å². The van der Waals surface area contributed by atoms with Crippen molar-refractivity contribution in [1.82, 2.24) is 15.2 Å². The molecule has 37 heavy (non-hydrogen) atoms. The Bertz CT molecular complexity index is 1570. The number of halogens is 2. The Balaban J connectivity index is 1.53. The van der Waals surface area contributed by atoms with E-state index in [4.69, 9.17) is 11.6 Å². The van der Waals surface area contributed by atoms with Crippen LogP contribution >= 0.6 is 62.0 Å². The van der Waals surface area contributed by atoms with E-state index in [-0.39, 0.29) is 10.7 Å². The Kier molecular flexibility index (Phi) is 7.51. The SMILES string of the molecule is Cc1nc(C)c(C(=O)C2=C(O)C(=O)N(c3nnc(SCc4ccccc4Cl)s3)C2c2ccccc2Br)s1. The van der Waals surface area contributed by atoms with Crippen LogP contribution in [0.5, 0.6) is 0 Å². The van der Waals surface area contributed by atoms with E-state index in [1.165, 1.54) is 39.3 Å². The molecule has 0 saturated carbocycles. The van der Waals surface area contributed by atoms with Crippen molar-refractivity contribution in [1.29, 1.82) is 0 Å². The number of aliphatic hydroxyl groups is 1. The summed E-state index contributed by atoms with van der Waals surface area (Å²) in [7, 11) is 0. The average molecular weight is 634 g/mol. The standard InChI is InChI=1S/C25H18BrClN4O3S3/c1-12-22(36-13(2)28-12)20(32)18-19(15-8-4-5-9-16(15)26)31(23(34)21(18)33)24-29-30-25(37-24)35-11-14-7-3-6-10-17(14)27/h3-10,19,33H,11H2,1-2H3. The van der Waals surface area contributed by atoms with Crippen molar-refractivity contribution in [3.05, 3.63) is 96.1 Å². The molecule has 12 heteroatoms. The van der Waals surface area contributed by atoms with Crippen LogP contribution in [-0.2, 0) is 10.5 Å². The molecule has 188 valence electrons. The van der Waals surface area contributed by atoms with Crippen molar-refractivity contribution in [3.8, 4) is 0 Å². The van der Waals surface area contributed by atoms with Crippen LogP contribution in [0.4, 0.5) is 5.13 Å². The summed E-state index contributed by atoms with van der Waals surface area (Å²) in [6.07, 6.45) is 0. The van der Waals surface area contributed by atoms with Gasteiger partial charge in [-0.15, -0.1) is 21.5 Å². The molecule has 3 heterocycles. The first-order chi connectivity index (χ1) is 17.8. The highest BCUT2D eigenvalue weighted by molar-refractivity contribution is 9.10. The van der Waals surface area contributed by atoms with Gasteiger partial charge in [-0.3, -0.25) is 14.5 Å². The van der Waals surface area contributed by atoms with Crippen LogP contribution in [0, 0.1) is 13.8 Å². The average Bonchev–Trinajstić information content (AvgIpc) is 3.54. The number of rotatable bonds is 7. The quantitative estimate of drug-likeness (QED) is 0.132. The van der Waals surface area contributed by atoms with Crippen LogP contribution in [0.1, 0.15) is 37.5 Å². The molecule has 1 N–H and O–H groups in total. The molecule has 0 fully saturated rings. The van der Waals surface area contributed by atoms with Crippen LogP contribution in [-0.4, -0.2) is 32.0 Å². The molecule has 5 rings (SSSR count). The molecule has 1 amide bonds. The number of carbonyl (C=O) groups is 2. The molecule has 2 aromatic carbocycles. The lowest BCUT2D eigenvalue weighted by atomic mass is 9.95. The van der Waals surface area contributed by atoms with E-state index < -0.39 is 23.5 Å². The fourth-order valence-electron chi connectivity index (χ4n) is 4.00. The number of thiazole rings is 1. The smallest absolute Gasteiger partial charge is 0.296 e. The van der Waals surface area contributed by atoms with Gasteiger partial charge in [0, 0.05) is 15.2 Å². The largest absolute Gasteiger partial charge is 0.503 e. The summed E-state index contributed by atoms with van der Waals surface area (Å²) in [5.74, 6) is -1.17. The predicted octanol–water partition coefficient (Wildman–Crippen LogP) is 7.10. The van der Waals surface area contributed by atoms with E-state index in [1.807, 2.05) is 49.4 Å². The summed E-state index contributed by atoms with van der Waals surface area (Å²) in [5, 5.41) is 21.2. The van der Waals surface area contributed by atoms with Gasteiger partial charge in [-0.25, -0.2) is 4.98 Å². The van der Waals surface area contributed by atoms with Crippen molar-refractivity contribution in [2.45, 2.75) is 30.0 Å². The van der Waals surface area contributed by atoms with Gasteiger partial charge in [0.25, 0.3) is 5.91 Å². The van der Waals surface area contributed by atoms with Gasteiger partial charge in [0.2, 0.25) is 10.9 Å². The Morgan fingerprint density at radius 3 is 2.57 bits per heavy atom. The third-order valence-electron chi connectivity index (χ3n) is 5.67. The summed E-state index contributed by atoms with van der Waals surface area (Å²) >= 11 is 13.7. The van der Waals surface area contributed by atoms with Gasteiger partial charge in [0.05, 0.1) is 27.2 Å². The molecule has 1 atom stereocenters. The number of aliphatic hydroxyl groups excluding tert-OH is 1. The number of nitrogens with zero attached hydrogens (tertiary/aromatic N) is 4. The molecule has 2 aromatic heterocycles. The number of ketones is 1. The van der Waals surface area contributed by atoms with Crippen molar-refractivity contribution < 1.29 is 14.7 Å². The van der Waals surface area contributed by atoms with E-state index in [1.54, 1.807) is 13.0 Å². The van der Waals surface area contributed by atoms with Crippen LogP contribution < -0.4 is 4.90 Å². The van der Waals surface area contributed by atoms with Crippen molar-refractivity contribution in [2.75, 3.05) is 4.90 Å². The molecular weight excluding hydrogens is 616 g/mol. The first-order valence-corrected chi connectivity index (χ1v) is 14.7. The van der Waals surface area contributed by atoms with Gasteiger partial charge in [-0.05, 0) is 37.1 Å². The number of anilines is 1. The molecule has 4 aromatic rings. The maximum Gasteiger partial charge on any atom is 0.296 e. The second kappa shape index (κ2) is 10.7. The van der Waals surface area contributed by atoms with Crippen molar-refractivity contribution >= 4 is 78.8 Å². The molecule has 0 aliphatic carbocycles. The minimum Gasteiger partial charge on any atom is -0.503 e. The van der Waals surface area contributed by atoms with Crippen molar-refractivity contribution in [3.63, 3.8) is 0 Å². The zero-order chi connectivity index (χ0) is 26.3. The van der Waals surface area contributed by atoms with E-state index in [0.717, 1.165) is 10.6 Å². The Hall–Kier alpha value is -2.57. The molecule has 1 unspecified atom stereocenters. The normalized spacial score (nSPS) is 15.6. The van der Waals surface area contributed by atoms with Crippen molar-refractivity contribution in [2.24, 2.45) is 0 Å². The number of benzene rings is 2. The van der Waals surface area contributed by atoms with Crippen LogP contribution in [0.15, 0.2) is 68.7 Å². The highest BCUT2D eigenvalue weighted by atomic mass is 79.9. The fourth-order valence-corrected chi connectivity index (χ4v) is 7.53. The van der Waals surface area contributed by atoms with Crippen LogP contribution in [0.3, 0.4) is 0 Å². The van der Waals surface area contributed by atoms with Gasteiger partial charge >= 0.3 is 0 Å². The predicted molar refractivity (Wildman–Crippen MR) is 151 cm³/mol. The van der Waals surface area contributed by atoms with Gasteiger partial charge in [0.1, 0.15) is 0 Å². The maximum atomic E-state index is 13.7. The molecule has 1 aliphatic rings. The lowest BCUT2D eigenvalue weighted by Gasteiger charge is -2.24. The Morgan fingerprint density at radius 1 is 1.14 bits per heavy atom. The fraction of sp³-hybridized carbons (Fsp3) is 0.160. The number of aromatic nitrogens is 3. The molecule has 7 nitrogen and oxygen atoms in total. The van der Waals surface area contributed by atoms with Gasteiger partial charge < -0.3 is 5.11 Å². The number of carbonyl (C=O) groups excluding carboxylic acids is 2. The highest BCUT2D eigenvalue weighted by Crippen LogP contribution is 2.46. The second-order valence-electron chi connectivity index (χ2n) is 8.07. The minimum atomic E-state index is -0.897. The topological polar surface area (TPSA) is 96.3 Å². The number of Topliss-reactive ketones (excluding diaryl/α,β-unsaturated/α-hetero) is 1. The van der Waals surface area contributed by atoms with E-state index in [0.29, 0.717) is 35.7 Å². The molecule has 0 saturated heterocycles. The monoisotopic (exact) mass is 632 g/mol. The molecule has 0 spiro atoms. The number of hydrogen-bond donors (Lipinski definition) is 1. The Labute approximate surface area is 238 Å². The second-order valence-corrected chi connectivity index (χ2v) is 12.7. The lowest BCUT2D eigenvalue weighted by molar-refractivity contribution is -0.117. The zero-order valence-electron chi connectivity index (χ0n) is 19.4. The van der Waals surface area contributed by atoms with Crippen LogP contribution in [0.25, 0.3) is 0 Å². The lowest BCUT2D eigenvalue weighted by Crippen LogP contribution is -2.31. The van der Waals surface area contributed by atoms with E-state index >= 15 is 0 Å². The van der Waals surface area contributed by atoms with Gasteiger partial charge in [-0.1, -0.05) is 87.0 Å². The number of hydrogen-bond acceptors (Lipinski definition) is 9. The van der Waals surface area contributed by atoms with Gasteiger partial charge in [0.15, 0.2) is 10.1 Å². The summed E-state index contributed by atoms with van der Waals surface area (Å²) in [6, 6.07) is 13.9. The summed E-state index contributed by atoms with van der Waals surface area (Å²) in [4.78, 5) is 33.2. The van der Waals surface area contributed by atoms with Crippen LogP contribution in [0.2, 0.25) is 5.02 Å². The highest BCUT2D eigenvalue weighted by Gasteiger charge is 2.47. The van der Waals surface area contributed by atoms with E-state index in [2.05, 4.69) is 31.1 Å². The first kappa shape index (κ1) is 26.1. The minimum absolute atomic E-state index is 0.0101. The molecule has 0 bridgehead atoms. The Morgan fingerprint density at radius 2 is 1.86 bits per heavy atom. The van der Waals surface area contributed by atoms with Gasteiger partial charge in [-0.2, -0.15) is 0 Å². The molecular formula is C25H18BrClN4O3S3. The summed E-state index contributed by atoms with van der Waals surface area (Å²) < 4.78 is 1.31. The third-order valence-corrected chi connectivity index (χ3v) is 9.94. The number of aryl methyl sites for hydroxylation is 2.